The van der Waals surface area contributed by atoms with Crippen LogP contribution >= 0.6 is 12.4 Å². The number of ether oxygens (including phenoxy) is 2. The fraction of sp³-hybridized carbons (Fsp3) is 0.571. The topological polar surface area (TPSA) is 21.7 Å². The quantitative estimate of drug-likeness (QED) is 0.842. The predicted molar refractivity (Wildman–Crippen MR) is 73.8 cm³/mol. The van der Waals surface area contributed by atoms with Crippen LogP contribution in [0.3, 0.4) is 0 Å². The molecule has 0 radical (unpaired) electrons. The Balaban J connectivity index is 0.00000120. The van der Waals surface area contributed by atoms with E-state index in [2.05, 4.69) is 4.90 Å². The minimum absolute atomic E-state index is 0. The van der Waals surface area contributed by atoms with Gasteiger partial charge >= 0.3 is 0 Å². The van der Waals surface area contributed by atoms with Crippen LogP contribution in [0.4, 0.5) is 0 Å². The summed E-state index contributed by atoms with van der Waals surface area (Å²) in [6.07, 6.45) is 2.90. The minimum Gasteiger partial charge on any atom is -0.493 e. The first-order valence-corrected chi connectivity index (χ1v) is 6.39. The summed E-state index contributed by atoms with van der Waals surface area (Å²) in [7, 11) is 1.69. The zero-order valence-corrected chi connectivity index (χ0v) is 11.5. The number of hydrogen-bond donors (Lipinski definition) is 0. The molecular formula is C14H20ClNO2. The number of rotatable bonds is 3. The Morgan fingerprint density at radius 3 is 2.33 bits per heavy atom. The number of benzene rings is 1. The molecule has 4 rings (SSSR count). The maximum Gasteiger partial charge on any atom is 0.161 e. The molecule has 0 saturated carbocycles. The van der Waals surface area contributed by atoms with Gasteiger partial charge in [-0.2, -0.15) is 0 Å². The lowest BCUT2D eigenvalue weighted by atomic mass is 9.86. The van der Waals surface area contributed by atoms with E-state index in [0.29, 0.717) is 6.10 Å². The van der Waals surface area contributed by atoms with E-state index in [-0.39, 0.29) is 12.4 Å². The zero-order valence-electron chi connectivity index (χ0n) is 10.7. The number of halogens is 1. The first kappa shape index (κ1) is 13.5. The monoisotopic (exact) mass is 269 g/mol. The van der Waals surface area contributed by atoms with Crippen molar-refractivity contribution < 1.29 is 9.47 Å². The summed E-state index contributed by atoms with van der Waals surface area (Å²) in [5.41, 5.74) is 0. The second-order valence-electron chi connectivity index (χ2n) is 4.95. The van der Waals surface area contributed by atoms with Crippen LogP contribution in [0.5, 0.6) is 11.5 Å². The van der Waals surface area contributed by atoms with Crippen LogP contribution in [0, 0.1) is 5.92 Å². The molecule has 0 aromatic heterocycles. The molecule has 3 fully saturated rings. The van der Waals surface area contributed by atoms with Crippen molar-refractivity contribution in [2.45, 2.75) is 18.9 Å². The highest BCUT2D eigenvalue weighted by Gasteiger charge is 2.35. The molecule has 1 atom stereocenters. The van der Waals surface area contributed by atoms with Crippen molar-refractivity contribution in [3.63, 3.8) is 0 Å². The number of methoxy groups -OCH3 is 1. The lowest BCUT2D eigenvalue weighted by Gasteiger charge is -2.44. The minimum atomic E-state index is 0. The van der Waals surface area contributed by atoms with Crippen LogP contribution < -0.4 is 9.47 Å². The Hall–Kier alpha value is -0.930. The third kappa shape index (κ3) is 2.57. The average Bonchev–Trinajstić information content (AvgIpc) is 2.41. The summed E-state index contributed by atoms with van der Waals surface area (Å²) in [5.74, 6) is 2.45. The van der Waals surface area contributed by atoms with Crippen LogP contribution in [0.25, 0.3) is 0 Å². The van der Waals surface area contributed by atoms with Gasteiger partial charge in [0.25, 0.3) is 0 Å². The second kappa shape index (κ2) is 5.81. The van der Waals surface area contributed by atoms with Gasteiger partial charge < -0.3 is 9.47 Å². The number of fused-ring (bicyclic) bond motifs is 3. The molecular weight excluding hydrogens is 250 g/mol. The third-order valence-electron chi connectivity index (χ3n) is 3.94. The normalized spacial score (nSPS) is 29.5. The molecule has 3 nitrogen and oxygen atoms in total. The van der Waals surface area contributed by atoms with Crippen LogP contribution in [0.2, 0.25) is 0 Å². The summed E-state index contributed by atoms with van der Waals surface area (Å²) in [6.45, 7) is 3.57. The van der Waals surface area contributed by atoms with E-state index in [0.717, 1.165) is 24.0 Å². The van der Waals surface area contributed by atoms with Gasteiger partial charge in [-0.15, -0.1) is 12.4 Å². The molecule has 2 bridgehead atoms. The van der Waals surface area contributed by atoms with Gasteiger partial charge in [0, 0.05) is 6.54 Å². The first-order chi connectivity index (χ1) is 8.36. The molecule has 3 heterocycles. The SMILES string of the molecule is COc1ccccc1OC1CN2CCC1CC2.Cl. The molecule has 0 N–H and O–H groups in total. The highest BCUT2D eigenvalue weighted by molar-refractivity contribution is 5.85. The van der Waals surface area contributed by atoms with E-state index in [9.17, 15) is 0 Å². The van der Waals surface area contributed by atoms with E-state index in [1.165, 1.54) is 25.9 Å². The smallest absolute Gasteiger partial charge is 0.161 e. The summed E-state index contributed by atoms with van der Waals surface area (Å²) in [5, 5.41) is 0. The van der Waals surface area contributed by atoms with Crippen molar-refractivity contribution >= 4 is 12.4 Å². The highest BCUT2D eigenvalue weighted by Crippen LogP contribution is 2.34. The fourth-order valence-electron chi connectivity index (χ4n) is 2.92. The van der Waals surface area contributed by atoms with Crippen molar-refractivity contribution in [1.82, 2.24) is 4.90 Å². The maximum atomic E-state index is 6.14. The van der Waals surface area contributed by atoms with Crippen molar-refractivity contribution in [3.8, 4) is 11.5 Å². The Labute approximate surface area is 114 Å². The molecule has 1 aromatic rings. The van der Waals surface area contributed by atoms with E-state index >= 15 is 0 Å². The van der Waals surface area contributed by atoms with E-state index in [1.807, 2.05) is 24.3 Å². The van der Waals surface area contributed by atoms with E-state index in [4.69, 9.17) is 9.47 Å². The Bertz CT molecular complexity index is 391. The summed E-state index contributed by atoms with van der Waals surface area (Å²) >= 11 is 0. The molecule has 0 aliphatic carbocycles. The number of nitrogens with zero attached hydrogens (tertiary/aromatic N) is 1. The Morgan fingerprint density at radius 1 is 1.11 bits per heavy atom. The van der Waals surface area contributed by atoms with Crippen molar-refractivity contribution in [2.24, 2.45) is 5.92 Å². The molecule has 100 valence electrons. The number of hydrogen-bond acceptors (Lipinski definition) is 3. The molecule has 3 aliphatic heterocycles. The molecule has 3 aliphatic rings. The third-order valence-corrected chi connectivity index (χ3v) is 3.94. The van der Waals surface area contributed by atoms with Gasteiger partial charge in [-0.25, -0.2) is 0 Å². The van der Waals surface area contributed by atoms with Crippen LogP contribution in [-0.4, -0.2) is 37.7 Å². The van der Waals surface area contributed by atoms with Crippen LogP contribution in [0.1, 0.15) is 12.8 Å². The average molecular weight is 270 g/mol. The standard InChI is InChI=1S/C14H19NO2.ClH/c1-16-12-4-2-3-5-13(12)17-14-10-15-8-6-11(14)7-9-15;/h2-5,11,14H,6-10H2,1H3;1H. The number of piperidine rings is 3. The van der Waals surface area contributed by atoms with E-state index < -0.39 is 0 Å². The van der Waals surface area contributed by atoms with Gasteiger partial charge in [0.05, 0.1) is 7.11 Å². The largest absolute Gasteiger partial charge is 0.493 e. The Kier molecular flexibility index (Phi) is 4.36. The zero-order chi connectivity index (χ0) is 11.7. The lowest BCUT2D eigenvalue weighted by Crippen LogP contribution is -2.52. The maximum absolute atomic E-state index is 6.14. The number of para-hydroxylation sites is 2. The summed E-state index contributed by atoms with van der Waals surface area (Å²) < 4.78 is 11.5. The van der Waals surface area contributed by atoms with Crippen LogP contribution in [-0.2, 0) is 0 Å². The van der Waals surface area contributed by atoms with E-state index in [1.54, 1.807) is 7.11 Å². The Morgan fingerprint density at radius 2 is 1.78 bits per heavy atom. The summed E-state index contributed by atoms with van der Waals surface area (Å²) in [4.78, 5) is 2.50. The molecule has 4 heteroatoms. The van der Waals surface area contributed by atoms with Gasteiger partial charge in [-0.1, -0.05) is 12.1 Å². The van der Waals surface area contributed by atoms with Gasteiger partial charge in [-0.3, -0.25) is 4.90 Å². The fourth-order valence-corrected chi connectivity index (χ4v) is 2.92. The second-order valence-corrected chi connectivity index (χ2v) is 4.95. The molecule has 0 spiro atoms. The van der Waals surface area contributed by atoms with Crippen molar-refractivity contribution in [3.05, 3.63) is 24.3 Å². The highest BCUT2D eigenvalue weighted by atomic mass is 35.5. The first-order valence-electron chi connectivity index (χ1n) is 6.39. The molecule has 1 aromatic carbocycles. The predicted octanol–water partition coefficient (Wildman–Crippen LogP) is 2.59. The van der Waals surface area contributed by atoms with Gasteiger partial charge in [0.15, 0.2) is 11.5 Å². The van der Waals surface area contributed by atoms with Crippen molar-refractivity contribution in [1.29, 1.82) is 0 Å². The molecule has 1 unspecified atom stereocenters. The van der Waals surface area contributed by atoms with Gasteiger partial charge in [0.1, 0.15) is 6.10 Å². The molecule has 3 saturated heterocycles. The van der Waals surface area contributed by atoms with Crippen LogP contribution in [0.15, 0.2) is 24.3 Å². The van der Waals surface area contributed by atoms with Crippen molar-refractivity contribution in [2.75, 3.05) is 26.7 Å². The van der Waals surface area contributed by atoms with Gasteiger partial charge in [0.2, 0.25) is 0 Å². The van der Waals surface area contributed by atoms with Gasteiger partial charge in [-0.05, 0) is 44.0 Å². The molecule has 18 heavy (non-hydrogen) atoms. The lowest BCUT2D eigenvalue weighted by molar-refractivity contribution is -0.00883. The summed E-state index contributed by atoms with van der Waals surface area (Å²) in [6, 6.07) is 7.93. The molecule has 0 amide bonds.